The summed E-state index contributed by atoms with van der Waals surface area (Å²) >= 11 is 3.73. The summed E-state index contributed by atoms with van der Waals surface area (Å²) in [6, 6.07) is 0. The van der Waals surface area contributed by atoms with E-state index in [2.05, 4.69) is 51.4 Å². The number of aromatic nitrogens is 3. The van der Waals surface area contributed by atoms with Gasteiger partial charge in [-0.15, -0.1) is 11.3 Å². The monoisotopic (exact) mass is 360 g/mol. The summed E-state index contributed by atoms with van der Waals surface area (Å²) in [6.45, 7) is 4.33. The Kier molecular flexibility index (Phi) is 3.93. The zero-order valence-corrected chi connectivity index (χ0v) is 12.6. The molecular weight excluding hydrogens is 347 g/mol. The Morgan fingerprint density at radius 1 is 1.41 bits per heavy atom. The maximum absolute atomic E-state index is 5.92. The lowest BCUT2D eigenvalue weighted by atomic mass is 10.1. The lowest BCUT2D eigenvalue weighted by Gasteiger charge is -2.09. The van der Waals surface area contributed by atoms with Gasteiger partial charge in [0.05, 0.1) is 9.26 Å². The number of rotatable bonds is 3. The van der Waals surface area contributed by atoms with Gasteiger partial charge in [-0.1, -0.05) is 13.8 Å². The van der Waals surface area contributed by atoms with Gasteiger partial charge in [0.25, 0.3) is 0 Å². The molecule has 0 saturated carbocycles. The molecule has 0 radical (unpaired) electrons. The highest BCUT2D eigenvalue weighted by Crippen LogP contribution is 2.24. The molecule has 0 aliphatic carbocycles. The van der Waals surface area contributed by atoms with E-state index in [9.17, 15) is 0 Å². The zero-order chi connectivity index (χ0) is 12.4. The Morgan fingerprint density at radius 2 is 2.18 bits per heavy atom. The average Bonchev–Trinajstić information content (AvgIpc) is 2.77. The van der Waals surface area contributed by atoms with Crippen LogP contribution in [-0.4, -0.2) is 15.0 Å². The minimum atomic E-state index is 0.543. The van der Waals surface area contributed by atoms with Crippen molar-refractivity contribution in [2.45, 2.75) is 20.3 Å². The SMILES string of the molecule is CC(C)Cc1nc(-c2nccs2)nc(N)c1I. The molecule has 0 fully saturated rings. The van der Waals surface area contributed by atoms with Crippen LogP contribution in [0.4, 0.5) is 5.82 Å². The second-order valence-electron chi connectivity index (χ2n) is 4.13. The van der Waals surface area contributed by atoms with E-state index in [4.69, 9.17) is 5.73 Å². The first kappa shape index (κ1) is 12.7. The lowest BCUT2D eigenvalue weighted by Crippen LogP contribution is -2.07. The highest BCUT2D eigenvalue weighted by molar-refractivity contribution is 14.1. The summed E-state index contributed by atoms with van der Waals surface area (Å²) in [5, 5.41) is 2.73. The lowest BCUT2D eigenvalue weighted by molar-refractivity contribution is 0.632. The molecule has 0 atom stereocenters. The van der Waals surface area contributed by atoms with Gasteiger partial charge in [-0.05, 0) is 34.9 Å². The topological polar surface area (TPSA) is 64.7 Å². The maximum Gasteiger partial charge on any atom is 0.190 e. The van der Waals surface area contributed by atoms with Crippen LogP contribution in [0, 0.1) is 9.49 Å². The predicted octanol–water partition coefficient (Wildman–Crippen LogP) is 2.99. The second-order valence-corrected chi connectivity index (χ2v) is 6.10. The van der Waals surface area contributed by atoms with Gasteiger partial charge in [-0.25, -0.2) is 15.0 Å². The van der Waals surface area contributed by atoms with E-state index in [1.165, 1.54) is 11.3 Å². The molecule has 2 N–H and O–H groups in total. The Bertz CT molecular complexity index is 510. The molecule has 0 spiro atoms. The minimum Gasteiger partial charge on any atom is -0.383 e. The molecule has 0 bridgehead atoms. The molecule has 6 heteroatoms. The van der Waals surface area contributed by atoms with E-state index >= 15 is 0 Å². The average molecular weight is 360 g/mol. The molecule has 0 amide bonds. The van der Waals surface area contributed by atoms with Gasteiger partial charge in [0.2, 0.25) is 0 Å². The number of nitrogens with two attached hydrogens (primary N) is 1. The van der Waals surface area contributed by atoms with Gasteiger partial charge in [-0.2, -0.15) is 0 Å². The van der Waals surface area contributed by atoms with Gasteiger partial charge in [0.15, 0.2) is 10.8 Å². The molecule has 0 aliphatic heterocycles. The number of anilines is 1. The van der Waals surface area contributed by atoms with Crippen LogP contribution in [0.1, 0.15) is 19.5 Å². The smallest absolute Gasteiger partial charge is 0.190 e. The standard InChI is InChI=1S/C11H13IN4S/c1-6(2)5-7-8(12)9(13)16-10(15-7)11-14-3-4-17-11/h3-4,6H,5H2,1-2H3,(H2,13,15,16). The Hall–Kier alpha value is -0.760. The Balaban J connectivity index is 2.46. The summed E-state index contributed by atoms with van der Waals surface area (Å²) in [5.74, 6) is 1.72. The van der Waals surface area contributed by atoms with Crippen molar-refractivity contribution in [2.75, 3.05) is 5.73 Å². The largest absolute Gasteiger partial charge is 0.383 e. The van der Waals surface area contributed by atoms with Crippen LogP contribution in [0.15, 0.2) is 11.6 Å². The number of hydrogen-bond acceptors (Lipinski definition) is 5. The van der Waals surface area contributed by atoms with Gasteiger partial charge in [-0.3, -0.25) is 0 Å². The van der Waals surface area contributed by atoms with E-state index in [0.29, 0.717) is 17.6 Å². The van der Waals surface area contributed by atoms with E-state index in [-0.39, 0.29) is 0 Å². The van der Waals surface area contributed by atoms with Crippen molar-refractivity contribution < 1.29 is 0 Å². The summed E-state index contributed by atoms with van der Waals surface area (Å²) in [5.41, 5.74) is 6.93. The van der Waals surface area contributed by atoms with Gasteiger partial charge < -0.3 is 5.73 Å². The normalized spacial score (nSPS) is 11.1. The molecule has 2 rings (SSSR count). The maximum atomic E-state index is 5.92. The van der Waals surface area contributed by atoms with Crippen LogP contribution in [0.2, 0.25) is 0 Å². The first-order valence-electron chi connectivity index (χ1n) is 5.29. The highest BCUT2D eigenvalue weighted by atomic mass is 127. The van der Waals surface area contributed by atoms with Crippen LogP contribution in [0.25, 0.3) is 10.8 Å². The van der Waals surface area contributed by atoms with Crippen molar-refractivity contribution >= 4 is 39.7 Å². The second kappa shape index (κ2) is 5.26. The van der Waals surface area contributed by atoms with Crippen LogP contribution in [-0.2, 0) is 6.42 Å². The van der Waals surface area contributed by atoms with E-state index in [1.54, 1.807) is 6.20 Å². The number of nitrogens with zero attached hydrogens (tertiary/aromatic N) is 3. The fraction of sp³-hybridized carbons (Fsp3) is 0.364. The van der Waals surface area contributed by atoms with E-state index in [1.807, 2.05) is 5.38 Å². The number of halogens is 1. The first-order valence-corrected chi connectivity index (χ1v) is 7.25. The van der Waals surface area contributed by atoms with Crippen LogP contribution in [0.5, 0.6) is 0 Å². The van der Waals surface area contributed by atoms with Crippen LogP contribution < -0.4 is 5.73 Å². The molecule has 90 valence electrons. The number of hydrogen-bond donors (Lipinski definition) is 1. The molecule has 2 aromatic heterocycles. The third kappa shape index (κ3) is 2.92. The fourth-order valence-electron chi connectivity index (χ4n) is 1.46. The van der Waals surface area contributed by atoms with Crippen LogP contribution in [0.3, 0.4) is 0 Å². The number of nitrogen functional groups attached to an aromatic ring is 1. The van der Waals surface area contributed by atoms with Gasteiger partial charge in [0.1, 0.15) is 5.82 Å². The third-order valence-electron chi connectivity index (χ3n) is 2.17. The highest BCUT2D eigenvalue weighted by Gasteiger charge is 2.13. The Morgan fingerprint density at radius 3 is 2.76 bits per heavy atom. The van der Waals surface area contributed by atoms with Crippen molar-refractivity contribution in [1.29, 1.82) is 0 Å². The van der Waals surface area contributed by atoms with Crippen LogP contribution >= 0.6 is 33.9 Å². The molecule has 17 heavy (non-hydrogen) atoms. The summed E-state index contributed by atoms with van der Waals surface area (Å²) < 4.78 is 0.955. The molecule has 0 aromatic carbocycles. The predicted molar refractivity (Wildman–Crippen MR) is 78.8 cm³/mol. The van der Waals surface area contributed by atoms with Crippen molar-refractivity contribution in [3.63, 3.8) is 0 Å². The summed E-state index contributed by atoms with van der Waals surface area (Å²) in [6.07, 6.45) is 2.66. The van der Waals surface area contributed by atoms with Gasteiger partial charge in [0, 0.05) is 11.6 Å². The molecule has 2 heterocycles. The molecule has 0 saturated heterocycles. The molecule has 0 aliphatic rings. The quantitative estimate of drug-likeness (QED) is 0.855. The molecule has 0 unspecified atom stereocenters. The van der Waals surface area contributed by atoms with Gasteiger partial charge >= 0.3 is 0 Å². The van der Waals surface area contributed by atoms with Crippen molar-refractivity contribution in [3.05, 3.63) is 20.8 Å². The van der Waals surface area contributed by atoms with E-state index < -0.39 is 0 Å². The molecule has 2 aromatic rings. The summed E-state index contributed by atoms with van der Waals surface area (Å²) in [4.78, 5) is 13.1. The zero-order valence-electron chi connectivity index (χ0n) is 9.64. The minimum absolute atomic E-state index is 0.543. The van der Waals surface area contributed by atoms with Crippen molar-refractivity contribution in [1.82, 2.24) is 15.0 Å². The number of thiazole rings is 1. The summed E-state index contributed by atoms with van der Waals surface area (Å²) in [7, 11) is 0. The van der Waals surface area contributed by atoms with Crippen molar-refractivity contribution in [3.8, 4) is 10.8 Å². The van der Waals surface area contributed by atoms with E-state index in [0.717, 1.165) is 20.7 Å². The molecule has 4 nitrogen and oxygen atoms in total. The van der Waals surface area contributed by atoms with Crippen molar-refractivity contribution in [2.24, 2.45) is 5.92 Å². The Labute approximate surface area is 118 Å². The fourth-order valence-corrected chi connectivity index (χ4v) is 2.49. The molecular formula is C11H13IN4S. The third-order valence-corrected chi connectivity index (χ3v) is 4.11. The first-order chi connectivity index (χ1) is 8.08.